The van der Waals surface area contributed by atoms with Crippen LogP contribution in [0.2, 0.25) is 0 Å². The minimum Gasteiger partial charge on any atom is -0.311 e. The topological polar surface area (TPSA) is 14.7 Å². The lowest BCUT2D eigenvalue weighted by Crippen LogP contribution is -2.62. The third-order valence-electron chi connectivity index (χ3n) is 18.8. The molecule has 0 aliphatic carbocycles. The molecule has 0 saturated carbocycles. The van der Waals surface area contributed by atoms with Crippen LogP contribution in [0, 0.1) is 0 Å². The third-order valence-corrected chi connectivity index (χ3v) is 19.9. The lowest BCUT2D eigenvalue weighted by Gasteiger charge is -2.47. The number of aromatic nitrogens is 1. The van der Waals surface area contributed by atoms with E-state index in [9.17, 15) is 0 Å². The number of hydrogen-bond donors (Lipinski definition) is 0. The maximum absolute atomic E-state index is 2.74. The zero-order valence-corrected chi connectivity index (χ0v) is 53.7. The van der Waals surface area contributed by atoms with Crippen LogP contribution in [0.15, 0.2) is 164 Å². The van der Waals surface area contributed by atoms with Crippen LogP contribution in [0.25, 0.3) is 47.7 Å². The Bertz CT molecular complexity index is 4490. The Hall–Kier alpha value is -7.54. The van der Waals surface area contributed by atoms with E-state index in [1.165, 1.54) is 126 Å². The summed E-state index contributed by atoms with van der Waals surface area (Å²) < 4.78 is 5.28. The monoisotopic (exact) mass is 1120 g/mol. The van der Waals surface area contributed by atoms with Crippen molar-refractivity contribution in [2.45, 2.75) is 157 Å². The van der Waals surface area contributed by atoms with Gasteiger partial charge in [-0.2, -0.15) is 0 Å². The van der Waals surface area contributed by atoms with Crippen molar-refractivity contribution in [2.75, 3.05) is 14.7 Å². The SMILES string of the molecule is CC(C)(C)c1ccc(N(c2ccc(C(C)(C)C)cc2)c2ccc3c(c2)N(c2ccc4sc5ccccc5c4c2)c2cc(C(C)(C)C)cc4c2B3c2cc(C(C)(C)C)cc3c2N4c2cc(C(C)(C)C)cc4c5cc(C(C)(C)C)ccc5n-3c24)cc1. The van der Waals surface area contributed by atoms with Gasteiger partial charge >= 0.3 is 0 Å². The molecular formula is C78H81BN4S. The number of nitrogens with zero attached hydrogens (tertiary/aromatic N) is 4. The number of hydrogen-bond acceptors (Lipinski definition) is 4. The molecule has 0 N–H and O–H groups in total. The fourth-order valence-electron chi connectivity index (χ4n) is 13.8. The molecule has 9 aromatic carbocycles. The second kappa shape index (κ2) is 18.0. The van der Waals surface area contributed by atoms with E-state index < -0.39 is 0 Å². The van der Waals surface area contributed by atoms with Crippen molar-refractivity contribution < 1.29 is 0 Å². The smallest absolute Gasteiger partial charge is 0.252 e. The van der Waals surface area contributed by atoms with E-state index in [1.807, 2.05) is 11.3 Å². The van der Waals surface area contributed by atoms with E-state index in [0.29, 0.717) is 0 Å². The minimum absolute atomic E-state index is 0.0150. The predicted molar refractivity (Wildman–Crippen MR) is 368 cm³/mol. The molecule has 0 saturated heterocycles. The molecule has 0 spiro atoms. The Balaban J connectivity index is 1.12. The van der Waals surface area contributed by atoms with Crippen LogP contribution < -0.4 is 31.1 Å². The molecule has 3 aliphatic heterocycles. The van der Waals surface area contributed by atoms with Crippen molar-refractivity contribution in [1.29, 1.82) is 0 Å². The first-order valence-corrected chi connectivity index (χ1v) is 31.4. The normalized spacial score (nSPS) is 14.2. The van der Waals surface area contributed by atoms with Crippen molar-refractivity contribution in [1.82, 2.24) is 4.57 Å². The molecule has 84 heavy (non-hydrogen) atoms. The van der Waals surface area contributed by atoms with Crippen LogP contribution in [0.5, 0.6) is 0 Å². The first kappa shape index (κ1) is 54.4. The maximum Gasteiger partial charge on any atom is 0.252 e. The van der Waals surface area contributed by atoms with Crippen molar-refractivity contribution in [3.63, 3.8) is 0 Å². The van der Waals surface area contributed by atoms with Gasteiger partial charge in [0.2, 0.25) is 0 Å². The number of thiophene rings is 1. The lowest BCUT2D eigenvalue weighted by atomic mass is 9.33. The van der Waals surface area contributed by atoms with E-state index in [2.05, 4.69) is 308 Å². The van der Waals surface area contributed by atoms with Crippen molar-refractivity contribution in [3.8, 4) is 5.69 Å². The Morgan fingerprint density at radius 2 is 0.845 bits per heavy atom. The second-order valence-corrected chi connectivity index (χ2v) is 32.0. The summed E-state index contributed by atoms with van der Waals surface area (Å²) in [6.07, 6.45) is 0. The number of fused-ring (bicyclic) bond motifs is 12. The second-order valence-electron chi connectivity index (χ2n) is 30.9. The average Bonchev–Trinajstić information content (AvgIpc) is 1.17. The predicted octanol–water partition coefficient (Wildman–Crippen LogP) is 20.8. The lowest BCUT2D eigenvalue weighted by molar-refractivity contribution is 0.589. The zero-order valence-electron chi connectivity index (χ0n) is 52.9. The van der Waals surface area contributed by atoms with Gasteiger partial charge in [-0.1, -0.05) is 185 Å². The molecule has 0 atom stereocenters. The Kier molecular flexibility index (Phi) is 11.7. The number of rotatable bonds is 4. The Morgan fingerprint density at radius 1 is 0.345 bits per heavy atom. The van der Waals surface area contributed by atoms with Gasteiger partial charge in [0.05, 0.1) is 28.1 Å². The summed E-state index contributed by atoms with van der Waals surface area (Å²) in [5.74, 6) is 0. The fraction of sp³-hybridized carbons (Fsp3) is 0.308. The third kappa shape index (κ3) is 8.42. The molecule has 0 amide bonds. The quantitative estimate of drug-likeness (QED) is 0.163. The van der Waals surface area contributed by atoms with Crippen LogP contribution in [0.4, 0.5) is 51.2 Å². The summed E-state index contributed by atoms with van der Waals surface area (Å²) in [7, 11) is 0. The van der Waals surface area contributed by atoms with Gasteiger partial charge in [-0.15, -0.1) is 11.3 Å². The molecule has 14 rings (SSSR count). The largest absolute Gasteiger partial charge is 0.311 e. The van der Waals surface area contributed by atoms with Gasteiger partial charge in [0.15, 0.2) is 0 Å². The van der Waals surface area contributed by atoms with E-state index in [0.717, 1.165) is 22.7 Å². The van der Waals surface area contributed by atoms with Crippen molar-refractivity contribution in [3.05, 3.63) is 197 Å². The molecule has 0 unspecified atom stereocenters. The molecule has 0 radical (unpaired) electrons. The molecule has 2 aromatic heterocycles. The summed E-state index contributed by atoms with van der Waals surface area (Å²) >= 11 is 1.89. The van der Waals surface area contributed by atoms with Crippen LogP contribution in [-0.2, 0) is 32.5 Å². The van der Waals surface area contributed by atoms with Gasteiger partial charge < -0.3 is 19.3 Å². The average molecular weight is 1120 g/mol. The molecule has 3 aliphatic rings. The van der Waals surface area contributed by atoms with Crippen molar-refractivity contribution >= 4 is 128 Å². The Morgan fingerprint density at radius 3 is 1.45 bits per heavy atom. The summed E-state index contributed by atoms with van der Waals surface area (Å²) in [5.41, 5.74) is 26.1. The first-order chi connectivity index (χ1) is 39.4. The fourth-order valence-corrected chi connectivity index (χ4v) is 14.9. The maximum atomic E-state index is 2.74. The molecular weight excluding hydrogens is 1040 g/mol. The van der Waals surface area contributed by atoms with E-state index >= 15 is 0 Å². The van der Waals surface area contributed by atoms with Crippen LogP contribution in [0.1, 0.15) is 158 Å². The standard InChI is InChI=1S/C78H81BN4S/c1-73(2,3)46-23-28-52(29-24-46)80(53-30-25-47(26-31-53)74(4,5)6)55-32-34-60-63(45-55)81(54-33-36-69-58(44-54)56-21-19-20-22-68(56)84-69)64-40-51(78(16,17)18)41-65-70(64)79(60)61-39-50(77(13,14)15)43-67-72(61)83(65)66-42-49(76(10,11)12)38-59-57-37-48(75(7,8)9)27-35-62(57)82(67)71(59)66/h19-45H,1-18H3. The van der Waals surface area contributed by atoms with E-state index in [4.69, 9.17) is 0 Å². The molecule has 11 aromatic rings. The molecule has 0 fully saturated rings. The van der Waals surface area contributed by atoms with Gasteiger partial charge in [-0.25, -0.2) is 0 Å². The highest BCUT2D eigenvalue weighted by molar-refractivity contribution is 7.25. The summed E-state index contributed by atoms with van der Waals surface area (Å²) in [6, 6.07) is 65.0. The van der Waals surface area contributed by atoms with Gasteiger partial charge in [0.1, 0.15) is 0 Å². The van der Waals surface area contributed by atoms with Crippen LogP contribution in [0.3, 0.4) is 0 Å². The zero-order chi connectivity index (χ0) is 59.3. The van der Waals surface area contributed by atoms with Crippen LogP contribution >= 0.6 is 11.3 Å². The Labute approximate surface area is 503 Å². The van der Waals surface area contributed by atoms with Gasteiger partial charge in [0.25, 0.3) is 6.71 Å². The highest BCUT2D eigenvalue weighted by atomic mass is 32.1. The highest BCUT2D eigenvalue weighted by Crippen LogP contribution is 2.56. The molecule has 0 bridgehead atoms. The van der Waals surface area contributed by atoms with E-state index in [1.54, 1.807) is 0 Å². The van der Waals surface area contributed by atoms with E-state index in [-0.39, 0.29) is 39.2 Å². The van der Waals surface area contributed by atoms with Crippen LogP contribution in [-0.4, -0.2) is 11.3 Å². The number of anilines is 9. The molecule has 5 heterocycles. The number of benzene rings is 9. The van der Waals surface area contributed by atoms with Gasteiger partial charge in [0, 0.05) is 70.8 Å². The molecule has 4 nitrogen and oxygen atoms in total. The summed E-state index contributed by atoms with van der Waals surface area (Å²) in [6.45, 7) is 42.3. The van der Waals surface area contributed by atoms with Gasteiger partial charge in [-0.05, 0) is 185 Å². The summed E-state index contributed by atoms with van der Waals surface area (Å²) in [4.78, 5) is 7.88. The summed E-state index contributed by atoms with van der Waals surface area (Å²) in [5, 5.41) is 5.22. The first-order valence-electron chi connectivity index (χ1n) is 30.6. The minimum atomic E-state index is -0.187. The molecule has 422 valence electrons. The molecule has 6 heteroatoms. The highest BCUT2D eigenvalue weighted by Gasteiger charge is 2.48. The van der Waals surface area contributed by atoms with Crippen molar-refractivity contribution in [2.24, 2.45) is 0 Å². The van der Waals surface area contributed by atoms with Gasteiger partial charge in [-0.3, -0.25) is 0 Å².